The summed E-state index contributed by atoms with van der Waals surface area (Å²) in [6, 6.07) is 0. The van der Waals surface area contributed by atoms with E-state index in [1.54, 1.807) is 6.92 Å². The number of alkyl halides is 1. The van der Waals surface area contributed by atoms with Crippen molar-refractivity contribution in [2.75, 3.05) is 12.1 Å². The van der Waals surface area contributed by atoms with Crippen LogP contribution in [-0.2, 0) is 14.3 Å². The molecule has 0 amide bonds. The number of rotatable bonds is 4. The van der Waals surface area contributed by atoms with Gasteiger partial charge in [0.1, 0.15) is 25.1 Å². The van der Waals surface area contributed by atoms with Crippen molar-refractivity contribution < 1.29 is 23.9 Å². The van der Waals surface area contributed by atoms with Gasteiger partial charge in [-0.25, -0.2) is 9.18 Å². The molecule has 1 aromatic rings. The molecule has 1 aliphatic rings. The number of hydrogen-bond donors (Lipinski definition) is 2. The van der Waals surface area contributed by atoms with Gasteiger partial charge in [-0.3, -0.25) is 20.0 Å². The molecule has 0 radical (unpaired) electrons. The average molecular weight is 301 g/mol. The van der Waals surface area contributed by atoms with Crippen molar-refractivity contribution >= 4 is 11.8 Å². The molecule has 3 atom stereocenters. The summed E-state index contributed by atoms with van der Waals surface area (Å²) < 4.78 is 25.1. The average Bonchev–Trinajstić information content (AvgIpc) is 2.79. The topological polar surface area (TPSA) is 103 Å². The molecule has 1 fully saturated rings. The van der Waals surface area contributed by atoms with Gasteiger partial charge in [-0.2, -0.15) is 4.98 Å². The summed E-state index contributed by atoms with van der Waals surface area (Å²) in [7, 11) is 0. The van der Waals surface area contributed by atoms with Gasteiger partial charge in [0.2, 0.25) is 0 Å². The number of esters is 1. The van der Waals surface area contributed by atoms with E-state index in [9.17, 15) is 14.0 Å². The second kappa shape index (κ2) is 6.19. The highest BCUT2D eigenvalue weighted by atomic mass is 19.1. The van der Waals surface area contributed by atoms with E-state index >= 15 is 0 Å². The zero-order valence-corrected chi connectivity index (χ0v) is 11.6. The van der Waals surface area contributed by atoms with Crippen LogP contribution in [-0.4, -0.2) is 39.6 Å². The maximum Gasteiger partial charge on any atom is 0.351 e. The highest BCUT2D eigenvalue weighted by Crippen LogP contribution is 2.30. The number of halogens is 1. The van der Waals surface area contributed by atoms with Crippen molar-refractivity contribution in [1.29, 1.82) is 0 Å². The third-order valence-electron chi connectivity index (χ3n) is 3.16. The lowest BCUT2D eigenvalue weighted by Crippen LogP contribution is -2.29. The van der Waals surface area contributed by atoms with Gasteiger partial charge in [0.15, 0.2) is 5.82 Å². The molecule has 2 heterocycles. The van der Waals surface area contributed by atoms with E-state index in [1.807, 2.05) is 5.48 Å². The Morgan fingerprint density at radius 3 is 3.05 bits per heavy atom. The van der Waals surface area contributed by atoms with Crippen LogP contribution in [0.1, 0.15) is 25.1 Å². The first kappa shape index (κ1) is 15.4. The Kier molecular flexibility index (Phi) is 4.53. The quantitative estimate of drug-likeness (QED) is 0.618. The summed E-state index contributed by atoms with van der Waals surface area (Å²) >= 11 is 0. The van der Waals surface area contributed by atoms with Crippen LogP contribution in [0.5, 0.6) is 0 Å². The predicted octanol–water partition coefficient (Wildman–Crippen LogP) is 0.542. The maximum atomic E-state index is 13.8. The van der Waals surface area contributed by atoms with E-state index in [0.29, 0.717) is 5.56 Å². The Balaban J connectivity index is 2.15. The number of hydrogen-bond acceptors (Lipinski definition) is 7. The minimum absolute atomic E-state index is 0.0301. The lowest BCUT2D eigenvalue weighted by molar-refractivity contribution is -0.146. The molecule has 116 valence electrons. The summed E-state index contributed by atoms with van der Waals surface area (Å²) in [6.07, 6.45) is -1.72. The third kappa shape index (κ3) is 3.37. The van der Waals surface area contributed by atoms with Crippen molar-refractivity contribution in [3.63, 3.8) is 0 Å². The number of nitrogens with one attached hydrogen (secondary N) is 1. The molecule has 0 aromatic carbocycles. The molecular formula is C12H16FN3O5. The van der Waals surface area contributed by atoms with Crippen LogP contribution in [0.25, 0.3) is 0 Å². The first-order valence-corrected chi connectivity index (χ1v) is 6.35. The molecule has 0 spiro atoms. The molecule has 1 saturated heterocycles. The van der Waals surface area contributed by atoms with Gasteiger partial charge in [-0.1, -0.05) is 0 Å². The summed E-state index contributed by atoms with van der Waals surface area (Å²) in [5.74, 6) is -0.496. The number of aromatic nitrogens is 2. The Morgan fingerprint density at radius 1 is 1.71 bits per heavy atom. The second-order valence-corrected chi connectivity index (χ2v) is 4.76. The lowest BCUT2D eigenvalue weighted by Gasteiger charge is -2.16. The normalized spacial score (nSPS) is 24.9. The van der Waals surface area contributed by atoms with Gasteiger partial charge in [-0.05, 0) is 6.92 Å². The van der Waals surface area contributed by atoms with Gasteiger partial charge < -0.3 is 9.47 Å². The Morgan fingerprint density at radius 2 is 2.43 bits per heavy atom. The minimum atomic E-state index is -1.35. The number of nitrogens with zero attached hydrogens (tertiary/aromatic N) is 2. The standard InChI is InChI=1S/C12H16FN3O5/c1-6-4-16(12(18)14-11(6)15-19)10-3-8(13)9(21-10)5-20-7(2)17/h4,8-10,19H,3,5H2,1-2H3,(H,14,15,18)/t8-,9+,10-/m0/s1. The Bertz CT molecular complexity index is 591. The van der Waals surface area contributed by atoms with E-state index in [0.717, 1.165) is 4.57 Å². The highest BCUT2D eigenvalue weighted by Gasteiger charge is 2.37. The first-order valence-electron chi connectivity index (χ1n) is 6.35. The molecule has 0 bridgehead atoms. The monoisotopic (exact) mass is 301 g/mol. The molecular weight excluding hydrogens is 285 g/mol. The van der Waals surface area contributed by atoms with Crippen molar-refractivity contribution in [2.24, 2.45) is 0 Å². The van der Waals surface area contributed by atoms with Crippen LogP contribution in [0, 0.1) is 6.92 Å². The fourth-order valence-electron chi connectivity index (χ4n) is 2.10. The van der Waals surface area contributed by atoms with Crippen LogP contribution >= 0.6 is 0 Å². The summed E-state index contributed by atoms with van der Waals surface area (Å²) in [5, 5.41) is 8.80. The molecule has 0 aliphatic carbocycles. The van der Waals surface area contributed by atoms with E-state index in [1.165, 1.54) is 13.1 Å². The van der Waals surface area contributed by atoms with Crippen molar-refractivity contribution in [3.8, 4) is 0 Å². The van der Waals surface area contributed by atoms with Crippen molar-refractivity contribution in [1.82, 2.24) is 9.55 Å². The van der Waals surface area contributed by atoms with Crippen LogP contribution in [0.3, 0.4) is 0 Å². The number of carbonyl (C=O) groups is 1. The highest BCUT2D eigenvalue weighted by molar-refractivity contribution is 5.65. The van der Waals surface area contributed by atoms with E-state index in [2.05, 4.69) is 4.98 Å². The van der Waals surface area contributed by atoms with E-state index in [-0.39, 0.29) is 18.8 Å². The summed E-state index contributed by atoms with van der Waals surface area (Å²) in [4.78, 5) is 26.2. The lowest BCUT2D eigenvalue weighted by atomic mass is 10.2. The molecule has 0 unspecified atom stereocenters. The van der Waals surface area contributed by atoms with Crippen molar-refractivity contribution in [3.05, 3.63) is 22.2 Å². The van der Waals surface area contributed by atoms with E-state index < -0.39 is 30.2 Å². The largest absolute Gasteiger partial charge is 0.463 e. The summed E-state index contributed by atoms with van der Waals surface area (Å²) in [5.41, 5.74) is 1.63. The van der Waals surface area contributed by atoms with Gasteiger partial charge in [0.25, 0.3) is 0 Å². The molecule has 1 aliphatic heterocycles. The Labute approximate surface area is 119 Å². The SMILES string of the molecule is CC(=O)OC[C@H]1O[C@H](n2cc(C)c(NO)nc2=O)C[C@@H]1F. The molecule has 9 heteroatoms. The number of anilines is 1. The molecule has 8 nitrogen and oxygen atoms in total. The van der Waals surface area contributed by atoms with Crippen LogP contribution in [0.2, 0.25) is 0 Å². The van der Waals surface area contributed by atoms with E-state index in [4.69, 9.17) is 14.7 Å². The van der Waals surface area contributed by atoms with Gasteiger partial charge in [-0.15, -0.1) is 0 Å². The molecule has 2 rings (SSSR count). The van der Waals surface area contributed by atoms with Crippen LogP contribution in [0.4, 0.5) is 10.2 Å². The minimum Gasteiger partial charge on any atom is -0.463 e. The molecule has 0 saturated carbocycles. The third-order valence-corrected chi connectivity index (χ3v) is 3.16. The molecule has 2 N–H and O–H groups in total. The number of ether oxygens (including phenoxy) is 2. The number of carbonyl (C=O) groups excluding carboxylic acids is 1. The van der Waals surface area contributed by atoms with Crippen LogP contribution < -0.4 is 11.2 Å². The molecule has 21 heavy (non-hydrogen) atoms. The Hall–Kier alpha value is -2.00. The van der Waals surface area contributed by atoms with Crippen molar-refractivity contribution in [2.45, 2.75) is 38.8 Å². The zero-order chi connectivity index (χ0) is 15.6. The zero-order valence-electron chi connectivity index (χ0n) is 11.6. The second-order valence-electron chi connectivity index (χ2n) is 4.76. The van der Waals surface area contributed by atoms with Crippen LogP contribution in [0.15, 0.2) is 11.0 Å². The summed E-state index contributed by atoms with van der Waals surface area (Å²) in [6.45, 7) is 2.64. The predicted molar refractivity (Wildman–Crippen MR) is 68.7 cm³/mol. The fourth-order valence-corrected chi connectivity index (χ4v) is 2.10. The maximum absolute atomic E-state index is 13.8. The van der Waals surface area contributed by atoms with Gasteiger partial charge in [0.05, 0.1) is 0 Å². The number of aryl methyl sites for hydroxylation is 1. The van der Waals surface area contributed by atoms with Gasteiger partial charge >= 0.3 is 11.7 Å². The first-order chi connectivity index (χ1) is 9.92. The van der Waals surface area contributed by atoms with Gasteiger partial charge in [0, 0.05) is 25.1 Å². The fraction of sp³-hybridized carbons (Fsp3) is 0.583. The molecule has 1 aromatic heterocycles. The smallest absolute Gasteiger partial charge is 0.351 e.